The molecule has 2 fully saturated rings. The molecular weight excluding hydrogens is 430 g/mol. The van der Waals surface area contributed by atoms with E-state index in [2.05, 4.69) is 22.4 Å². The van der Waals surface area contributed by atoms with Gasteiger partial charge in [-0.15, -0.1) is 0 Å². The van der Waals surface area contributed by atoms with Gasteiger partial charge in [-0.1, -0.05) is 42.5 Å². The highest BCUT2D eigenvalue weighted by Crippen LogP contribution is 2.36. The SMILES string of the molecule is COc1cccc(C[C@@]2(C3CCN(C/C=C/c4ccccc4OC)CC3)NC(=O)N(C)C2=O)c1. The van der Waals surface area contributed by atoms with Gasteiger partial charge >= 0.3 is 6.03 Å². The summed E-state index contributed by atoms with van der Waals surface area (Å²) in [6.45, 7) is 2.56. The van der Waals surface area contributed by atoms with Crippen molar-refractivity contribution in [1.82, 2.24) is 15.1 Å². The summed E-state index contributed by atoms with van der Waals surface area (Å²) in [6.07, 6.45) is 6.38. The molecule has 3 amide bonds. The minimum absolute atomic E-state index is 0.0644. The summed E-state index contributed by atoms with van der Waals surface area (Å²) in [4.78, 5) is 29.4. The molecule has 0 radical (unpaired) electrons. The van der Waals surface area contributed by atoms with Gasteiger partial charge in [0.15, 0.2) is 0 Å². The second-order valence-corrected chi connectivity index (χ2v) is 9.01. The van der Waals surface area contributed by atoms with E-state index in [1.165, 1.54) is 4.90 Å². The number of likely N-dealkylation sites (tertiary alicyclic amines) is 1. The van der Waals surface area contributed by atoms with Crippen LogP contribution in [0, 0.1) is 5.92 Å². The zero-order chi connectivity index (χ0) is 24.1. The van der Waals surface area contributed by atoms with Crippen molar-refractivity contribution in [3.8, 4) is 11.5 Å². The summed E-state index contributed by atoms with van der Waals surface area (Å²) in [5, 5.41) is 3.07. The molecule has 0 bridgehead atoms. The lowest BCUT2D eigenvalue weighted by atomic mass is 9.74. The molecular formula is C27H33N3O4. The summed E-state index contributed by atoms with van der Waals surface area (Å²) in [5.41, 5.74) is 1.11. The number of hydrogen-bond acceptors (Lipinski definition) is 5. The molecule has 0 spiro atoms. The molecule has 4 rings (SSSR count). The monoisotopic (exact) mass is 463 g/mol. The molecule has 2 aliphatic heterocycles. The Labute approximate surface area is 201 Å². The normalized spacial score (nSPS) is 21.8. The average Bonchev–Trinajstić information content (AvgIpc) is 3.08. The number of amides is 3. The summed E-state index contributed by atoms with van der Waals surface area (Å²) in [6, 6.07) is 15.4. The van der Waals surface area contributed by atoms with Crippen molar-refractivity contribution in [3.63, 3.8) is 0 Å². The van der Waals surface area contributed by atoms with E-state index in [1.807, 2.05) is 48.5 Å². The van der Waals surface area contributed by atoms with Crippen molar-refractivity contribution in [3.05, 3.63) is 65.7 Å². The maximum Gasteiger partial charge on any atom is 0.324 e. The topological polar surface area (TPSA) is 71.1 Å². The molecule has 1 atom stereocenters. The fourth-order valence-corrected chi connectivity index (χ4v) is 5.11. The molecule has 2 aromatic carbocycles. The van der Waals surface area contributed by atoms with Crippen LogP contribution in [-0.2, 0) is 11.2 Å². The van der Waals surface area contributed by atoms with Crippen molar-refractivity contribution < 1.29 is 19.1 Å². The van der Waals surface area contributed by atoms with Gasteiger partial charge in [-0.25, -0.2) is 4.79 Å². The second-order valence-electron chi connectivity index (χ2n) is 9.01. The van der Waals surface area contributed by atoms with Gasteiger partial charge in [0.05, 0.1) is 14.2 Å². The quantitative estimate of drug-likeness (QED) is 0.606. The zero-order valence-corrected chi connectivity index (χ0v) is 20.1. The van der Waals surface area contributed by atoms with Gasteiger partial charge in [-0.2, -0.15) is 0 Å². The third kappa shape index (κ3) is 4.80. The van der Waals surface area contributed by atoms with Crippen molar-refractivity contribution >= 4 is 18.0 Å². The number of rotatable bonds is 8. The van der Waals surface area contributed by atoms with Crippen LogP contribution in [0.15, 0.2) is 54.6 Å². The Kier molecular flexibility index (Phi) is 7.22. The first kappa shape index (κ1) is 23.8. The lowest BCUT2D eigenvalue weighted by molar-refractivity contribution is -0.133. The predicted molar refractivity (Wildman–Crippen MR) is 132 cm³/mol. The Morgan fingerprint density at radius 1 is 1.06 bits per heavy atom. The molecule has 7 nitrogen and oxygen atoms in total. The number of para-hydroxylation sites is 1. The first-order chi connectivity index (χ1) is 16.5. The number of nitrogens with zero attached hydrogens (tertiary/aromatic N) is 2. The van der Waals surface area contributed by atoms with Crippen molar-refractivity contribution in [2.45, 2.75) is 24.8 Å². The molecule has 1 N–H and O–H groups in total. The smallest absolute Gasteiger partial charge is 0.324 e. The Balaban J connectivity index is 1.44. The lowest BCUT2D eigenvalue weighted by Gasteiger charge is -2.40. The van der Waals surface area contributed by atoms with E-state index in [-0.39, 0.29) is 17.9 Å². The number of hydrogen-bond donors (Lipinski definition) is 1. The number of imide groups is 1. The van der Waals surface area contributed by atoms with Crippen LogP contribution < -0.4 is 14.8 Å². The Morgan fingerprint density at radius 3 is 2.50 bits per heavy atom. The van der Waals surface area contributed by atoms with Crippen LogP contribution in [0.4, 0.5) is 4.79 Å². The van der Waals surface area contributed by atoms with Gasteiger partial charge < -0.3 is 14.8 Å². The second kappa shape index (κ2) is 10.3. The standard InChI is InChI=1S/C27H33N3O4/c1-29-25(31)27(28-26(29)32,19-20-8-6-11-23(18-20)33-2)22-13-16-30(17-14-22)15-7-10-21-9-4-5-12-24(21)34-3/h4-12,18,22H,13-17,19H2,1-3H3,(H,28,32)/b10-7+/t27-/m0/s1. The van der Waals surface area contributed by atoms with E-state index in [4.69, 9.17) is 9.47 Å². The molecule has 34 heavy (non-hydrogen) atoms. The van der Waals surface area contributed by atoms with Crippen LogP contribution in [0.2, 0.25) is 0 Å². The fourth-order valence-electron chi connectivity index (χ4n) is 5.11. The van der Waals surface area contributed by atoms with Gasteiger partial charge in [-0.05, 0) is 55.6 Å². The fraction of sp³-hybridized carbons (Fsp3) is 0.407. The van der Waals surface area contributed by atoms with Crippen molar-refractivity contribution in [1.29, 1.82) is 0 Å². The molecule has 0 aliphatic carbocycles. The highest BCUT2D eigenvalue weighted by molar-refractivity contribution is 6.07. The Bertz CT molecular complexity index is 1060. The number of carbonyl (C=O) groups is 2. The van der Waals surface area contributed by atoms with E-state index in [0.29, 0.717) is 6.42 Å². The highest BCUT2D eigenvalue weighted by atomic mass is 16.5. The molecule has 180 valence electrons. The first-order valence-electron chi connectivity index (χ1n) is 11.7. The van der Waals surface area contributed by atoms with Crippen LogP contribution in [0.3, 0.4) is 0 Å². The molecule has 2 saturated heterocycles. The number of nitrogens with one attached hydrogen (secondary N) is 1. The minimum Gasteiger partial charge on any atom is -0.497 e. The van der Waals surface area contributed by atoms with Gasteiger partial charge in [0.25, 0.3) is 5.91 Å². The van der Waals surface area contributed by atoms with Gasteiger partial charge in [-0.3, -0.25) is 14.6 Å². The first-order valence-corrected chi connectivity index (χ1v) is 11.7. The van der Waals surface area contributed by atoms with Gasteiger partial charge in [0.1, 0.15) is 17.0 Å². The van der Waals surface area contributed by atoms with E-state index in [1.54, 1.807) is 21.3 Å². The third-order valence-corrected chi connectivity index (χ3v) is 7.02. The lowest BCUT2D eigenvalue weighted by Crippen LogP contribution is -2.57. The van der Waals surface area contributed by atoms with E-state index in [9.17, 15) is 9.59 Å². The molecule has 2 aliphatic rings. The summed E-state index contributed by atoms with van der Waals surface area (Å²) in [5.74, 6) is 1.52. The minimum atomic E-state index is -0.919. The summed E-state index contributed by atoms with van der Waals surface area (Å²) >= 11 is 0. The molecule has 7 heteroatoms. The summed E-state index contributed by atoms with van der Waals surface area (Å²) < 4.78 is 10.8. The highest BCUT2D eigenvalue weighted by Gasteiger charge is 2.54. The van der Waals surface area contributed by atoms with Gasteiger partial charge in [0, 0.05) is 25.6 Å². The van der Waals surface area contributed by atoms with Crippen molar-refractivity contribution in [2.75, 3.05) is 40.9 Å². The molecule has 0 unspecified atom stereocenters. The number of likely N-dealkylation sites (N-methyl/N-ethyl adjacent to an activating group) is 1. The van der Waals surface area contributed by atoms with E-state index < -0.39 is 5.54 Å². The number of ether oxygens (including phenoxy) is 2. The number of piperidine rings is 1. The summed E-state index contributed by atoms with van der Waals surface area (Å²) in [7, 11) is 4.87. The predicted octanol–water partition coefficient (Wildman–Crippen LogP) is 3.59. The molecule has 2 aromatic rings. The maximum atomic E-state index is 13.3. The van der Waals surface area contributed by atoms with E-state index in [0.717, 1.165) is 55.1 Å². The van der Waals surface area contributed by atoms with E-state index >= 15 is 0 Å². The Hall–Kier alpha value is -3.32. The van der Waals surface area contributed by atoms with Crippen LogP contribution in [-0.4, -0.2) is 68.2 Å². The number of carbonyl (C=O) groups excluding carboxylic acids is 2. The number of benzene rings is 2. The van der Waals surface area contributed by atoms with Crippen LogP contribution in [0.1, 0.15) is 24.0 Å². The average molecular weight is 464 g/mol. The maximum absolute atomic E-state index is 13.3. The van der Waals surface area contributed by atoms with Crippen LogP contribution in [0.5, 0.6) is 11.5 Å². The Morgan fingerprint density at radius 2 is 1.82 bits per heavy atom. The largest absolute Gasteiger partial charge is 0.497 e. The molecule has 0 aromatic heterocycles. The van der Waals surface area contributed by atoms with Crippen LogP contribution >= 0.6 is 0 Å². The van der Waals surface area contributed by atoms with Gasteiger partial charge in [0.2, 0.25) is 0 Å². The molecule has 2 heterocycles. The van der Waals surface area contributed by atoms with Crippen LogP contribution in [0.25, 0.3) is 6.08 Å². The number of methoxy groups -OCH3 is 2. The van der Waals surface area contributed by atoms with Crippen molar-refractivity contribution in [2.24, 2.45) is 5.92 Å². The molecule has 0 saturated carbocycles. The number of urea groups is 1. The zero-order valence-electron chi connectivity index (χ0n) is 20.1. The third-order valence-electron chi connectivity index (χ3n) is 7.02.